The molecule has 2 heterocycles. The maximum Gasteiger partial charge on any atom is 0.412 e. The second-order valence-electron chi connectivity index (χ2n) is 7.91. The third-order valence-electron chi connectivity index (χ3n) is 5.77. The van der Waals surface area contributed by atoms with Gasteiger partial charge < -0.3 is 15.0 Å². The first-order valence-electron chi connectivity index (χ1n) is 10.8. The quantitative estimate of drug-likeness (QED) is 0.704. The van der Waals surface area contributed by atoms with Crippen LogP contribution in [0.15, 0.2) is 54.6 Å². The van der Waals surface area contributed by atoms with Crippen molar-refractivity contribution in [3.8, 4) is 5.75 Å². The van der Waals surface area contributed by atoms with E-state index in [9.17, 15) is 19.2 Å². The van der Waals surface area contributed by atoms with Crippen LogP contribution in [0.2, 0.25) is 0 Å². The Morgan fingerprint density at radius 1 is 0.906 bits per heavy atom. The van der Waals surface area contributed by atoms with Gasteiger partial charge in [-0.05, 0) is 43.5 Å². The molecule has 0 unspecified atom stereocenters. The molecule has 0 saturated carbocycles. The fourth-order valence-corrected chi connectivity index (χ4v) is 4.05. The molecule has 4 rings (SSSR count). The van der Waals surface area contributed by atoms with E-state index >= 15 is 0 Å². The summed E-state index contributed by atoms with van der Waals surface area (Å²) in [5.74, 6) is -0.123. The summed E-state index contributed by atoms with van der Waals surface area (Å²) < 4.78 is 5.24. The number of fused-ring (bicyclic) bond motifs is 1. The van der Waals surface area contributed by atoms with Crippen molar-refractivity contribution in [2.24, 2.45) is 0 Å². The number of nitrogens with zero attached hydrogens (tertiary/aromatic N) is 2. The molecule has 0 atom stereocenters. The molecule has 8 heteroatoms. The molecule has 1 fully saturated rings. The van der Waals surface area contributed by atoms with E-state index in [0.717, 1.165) is 0 Å². The van der Waals surface area contributed by atoms with Crippen LogP contribution in [0.4, 0.5) is 4.79 Å². The van der Waals surface area contributed by atoms with Gasteiger partial charge in [0.05, 0.1) is 11.1 Å². The predicted octanol–water partition coefficient (Wildman–Crippen LogP) is 2.84. The number of rotatable bonds is 6. The molecule has 2 aliphatic heterocycles. The van der Waals surface area contributed by atoms with Crippen LogP contribution in [-0.4, -0.2) is 59.3 Å². The lowest BCUT2D eigenvalue weighted by Gasteiger charge is -2.32. The zero-order valence-corrected chi connectivity index (χ0v) is 17.7. The summed E-state index contributed by atoms with van der Waals surface area (Å²) in [7, 11) is 0. The number of carbonyl (C=O) groups excluding carboxylic acids is 4. The predicted molar refractivity (Wildman–Crippen MR) is 116 cm³/mol. The normalized spacial score (nSPS) is 16.1. The number of para-hydroxylation sites is 1. The van der Waals surface area contributed by atoms with Gasteiger partial charge in [0.15, 0.2) is 0 Å². The minimum absolute atomic E-state index is 0.00748. The van der Waals surface area contributed by atoms with Crippen LogP contribution in [0.3, 0.4) is 0 Å². The molecule has 1 saturated heterocycles. The Balaban J connectivity index is 1.17. The molecule has 2 aliphatic rings. The van der Waals surface area contributed by atoms with Crippen molar-refractivity contribution in [2.45, 2.75) is 31.7 Å². The Labute approximate surface area is 186 Å². The second kappa shape index (κ2) is 9.64. The number of piperidine rings is 1. The average molecular weight is 435 g/mol. The highest BCUT2D eigenvalue weighted by atomic mass is 16.6. The first-order valence-corrected chi connectivity index (χ1v) is 10.8. The lowest BCUT2D eigenvalue weighted by molar-refractivity contribution is -0.132. The molecule has 0 radical (unpaired) electrons. The molecular formula is C24H25N3O5. The Bertz CT molecular complexity index is 980. The highest BCUT2D eigenvalue weighted by molar-refractivity contribution is 6.21. The summed E-state index contributed by atoms with van der Waals surface area (Å²) in [6.07, 6.45) is 1.48. The summed E-state index contributed by atoms with van der Waals surface area (Å²) in [6, 6.07) is 15.6. The van der Waals surface area contributed by atoms with Crippen molar-refractivity contribution in [1.29, 1.82) is 0 Å². The first kappa shape index (κ1) is 21.5. The summed E-state index contributed by atoms with van der Waals surface area (Å²) in [5, 5.41) is 2.84. The number of imide groups is 1. The highest BCUT2D eigenvalue weighted by Gasteiger charge is 2.34. The summed E-state index contributed by atoms with van der Waals surface area (Å²) >= 11 is 0. The summed E-state index contributed by atoms with van der Waals surface area (Å²) in [5.41, 5.74) is 0.841. The average Bonchev–Trinajstić information content (AvgIpc) is 3.05. The van der Waals surface area contributed by atoms with Gasteiger partial charge in [-0.3, -0.25) is 19.3 Å². The molecule has 0 spiro atoms. The Morgan fingerprint density at radius 2 is 1.50 bits per heavy atom. The van der Waals surface area contributed by atoms with E-state index in [0.29, 0.717) is 49.2 Å². The zero-order chi connectivity index (χ0) is 22.5. The summed E-state index contributed by atoms with van der Waals surface area (Å²) in [6.45, 7) is 1.31. The van der Waals surface area contributed by atoms with Gasteiger partial charge in [0.2, 0.25) is 5.91 Å². The van der Waals surface area contributed by atoms with E-state index in [2.05, 4.69) is 5.32 Å². The van der Waals surface area contributed by atoms with E-state index < -0.39 is 6.09 Å². The van der Waals surface area contributed by atoms with Crippen LogP contribution >= 0.6 is 0 Å². The van der Waals surface area contributed by atoms with Gasteiger partial charge in [0.1, 0.15) is 5.75 Å². The van der Waals surface area contributed by atoms with E-state index in [4.69, 9.17) is 4.74 Å². The Morgan fingerprint density at radius 3 is 2.12 bits per heavy atom. The molecule has 2 aromatic carbocycles. The molecular weight excluding hydrogens is 410 g/mol. The van der Waals surface area contributed by atoms with Crippen LogP contribution in [0, 0.1) is 0 Å². The van der Waals surface area contributed by atoms with Crippen LogP contribution in [0.1, 0.15) is 46.4 Å². The van der Waals surface area contributed by atoms with Crippen molar-refractivity contribution >= 4 is 23.8 Å². The van der Waals surface area contributed by atoms with Crippen molar-refractivity contribution in [3.63, 3.8) is 0 Å². The number of hydrogen-bond acceptors (Lipinski definition) is 5. The monoisotopic (exact) mass is 435 g/mol. The van der Waals surface area contributed by atoms with Gasteiger partial charge in [-0.2, -0.15) is 0 Å². The van der Waals surface area contributed by atoms with E-state index in [1.807, 2.05) is 6.07 Å². The van der Waals surface area contributed by atoms with Crippen molar-refractivity contribution in [2.75, 3.05) is 19.6 Å². The molecule has 166 valence electrons. The van der Waals surface area contributed by atoms with Gasteiger partial charge in [0, 0.05) is 32.1 Å². The van der Waals surface area contributed by atoms with Crippen LogP contribution in [-0.2, 0) is 4.79 Å². The van der Waals surface area contributed by atoms with Gasteiger partial charge in [-0.15, -0.1) is 0 Å². The lowest BCUT2D eigenvalue weighted by atomic mass is 10.0. The highest BCUT2D eigenvalue weighted by Crippen LogP contribution is 2.23. The lowest BCUT2D eigenvalue weighted by Crippen LogP contribution is -2.47. The smallest absolute Gasteiger partial charge is 0.410 e. The number of likely N-dealkylation sites (tertiary alicyclic amines) is 1. The number of benzene rings is 2. The Kier molecular flexibility index (Phi) is 6.49. The largest absolute Gasteiger partial charge is 0.412 e. The number of carbonyl (C=O) groups is 4. The number of ether oxygens (including phenoxy) is 1. The SMILES string of the molecule is O=C(NC1CCN(C(=O)CCCN2C(=O)c3ccccc3C2=O)CC1)Oc1ccccc1. The third-order valence-corrected chi connectivity index (χ3v) is 5.77. The molecule has 0 bridgehead atoms. The van der Waals surface area contributed by atoms with E-state index in [-0.39, 0.29) is 36.7 Å². The van der Waals surface area contributed by atoms with Gasteiger partial charge in [-0.1, -0.05) is 30.3 Å². The van der Waals surface area contributed by atoms with E-state index in [1.54, 1.807) is 53.4 Å². The fraction of sp³-hybridized carbons (Fsp3) is 0.333. The van der Waals surface area contributed by atoms with Gasteiger partial charge in [-0.25, -0.2) is 4.79 Å². The molecule has 8 nitrogen and oxygen atoms in total. The molecule has 1 N–H and O–H groups in total. The van der Waals surface area contributed by atoms with Crippen molar-refractivity contribution in [3.05, 3.63) is 65.7 Å². The van der Waals surface area contributed by atoms with Crippen molar-refractivity contribution in [1.82, 2.24) is 15.1 Å². The topological polar surface area (TPSA) is 96.0 Å². The molecule has 4 amide bonds. The number of amides is 4. The van der Waals surface area contributed by atoms with Crippen LogP contribution in [0.25, 0.3) is 0 Å². The zero-order valence-electron chi connectivity index (χ0n) is 17.7. The van der Waals surface area contributed by atoms with Gasteiger partial charge >= 0.3 is 6.09 Å². The van der Waals surface area contributed by atoms with Crippen molar-refractivity contribution < 1.29 is 23.9 Å². The van der Waals surface area contributed by atoms with Gasteiger partial charge in [0.25, 0.3) is 11.8 Å². The maximum atomic E-state index is 12.5. The first-order chi connectivity index (χ1) is 15.5. The number of nitrogens with one attached hydrogen (secondary N) is 1. The minimum atomic E-state index is -0.498. The second-order valence-corrected chi connectivity index (χ2v) is 7.91. The molecule has 0 aromatic heterocycles. The fourth-order valence-electron chi connectivity index (χ4n) is 4.05. The number of hydrogen-bond donors (Lipinski definition) is 1. The molecule has 32 heavy (non-hydrogen) atoms. The summed E-state index contributed by atoms with van der Waals surface area (Å²) in [4.78, 5) is 52.3. The Hall–Kier alpha value is -3.68. The third kappa shape index (κ3) is 4.80. The maximum absolute atomic E-state index is 12.5. The molecule has 0 aliphatic carbocycles. The van der Waals surface area contributed by atoms with Crippen LogP contribution < -0.4 is 10.1 Å². The molecule has 2 aromatic rings. The van der Waals surface area contributed by atoms with Crippen LogP contribution in [0.5, 0.6) is 5.75 Å². The minimum Gasteiger partial charge on any atom is -0.410 e. The van der Waals surface area contributed by atoms with E-state index in [1.165, 1.54) is 4.90 Å². The standard InChI is InChI=1S/C24H25N3O5/c28-21(11-6-14-27-22(29)19-9-4-5-10-20(19)23(27)30)26-15-12-17(13-16-26)25-24(31)32-18-7-2-1-3-8-18/h1-5,7-10,17H,6,11-16H2,(H,25,31).